The molecule has 30 heavy (non-hydrogen) atoms. The van der Waals surface area contributed by atoms with Gasteiger partial charge in [-0.3, -0.25) is 4.79 Å². The number of carbonyl (C=O) groups is 1. The van der Waals surface area contributed by atoms with E-state index in [-0.39, 0.29) is 11.7 Å². The third-order valence-corrected chi connectivity index (χ3v) is 5.68. The third-order valence-electron chi connectivity index (χ3n) is 5.13. The average Bonchev–Trinajstić information content (AvgIpc) is 3.02. The lowest BCUT2D eigenvalue weighted by Crippen LogP contribution is -2.36. The number of morpholine rings is 1. The summed E-state index contributed by atoms with van der Waals surface area (Å²) in [5.74, 6) is -0.682. The topological polar surface area (TPSA) is 59.4 Å². The van der Waals surface area contributed by atoms with E-state index in [0.29, 0.717) is 48.3 Å². The molecule has 1 fully saturated rings. The first kappa shape index (κ1) is 20.4. The van der Waals surface area contributed by atoms with Gasteiger partial charge in [-0.1, -0.05) is 11.6 Å². The van der Waals surface area contributed by atoms with Gasteiger partial charge in [0.1, 0.15) is 5.82 Å². The number of nitrogens with zero attached hydrogens (tertiary/aromatic N) is 3. The van der Waals surface area contributed by atoms with Crippen molar-refractivity contribution in [2.24, 2.45) is 0 Å². The van der Waals surface area contributed by atoms with Crippen molar-refractivity contribution in [1.82, 2.24) is 9.78 Å². The Hall–Kier alpha value is -2.90. The van der Waals surface area contributed by atoms with E-state index in [9.17, 15) is 9.18 Å². The Bertz CT molecular complexity index is 1080. The molecule has 0 saturated carbocycles. The summed E-state index contributed by atoms with van der Waals surface area (Å²) in [6, 6.07) is 11.7. The van der Waals surface area contributed by atoms with E-state index >= 15 is 0 Å². The molecule has 0 unspecified atom stereocenters. The maximum Gasteiger partial charge on any atom is 0.255 e. The van der Waals surface area contributed by atoms with Crippen LogP contribution in [0.15, 0.2) is 42.5 Å². The van der Waals surface area contributed by atoms with Gasteiger partial charge in [0.2, 0.25) is 0 Å². The molecule has 2 aromatic carbocycles. The molecule has 6 nitrogen and oxygen atoms in total. The van der Waals surface area contributed by atoms with Crippen LogP contribution in [0.4, 0.5) is 15.8 Å². The molecular formula is C22H22ClFN4O2. The zero-order chi connectivity index (χ0) is 21.3. The number of hydrogen-bond donors (Lipinski definition) is 1. The Labute approximate surface area is 179 Å². The second-order valence-electron chi connectivity index (χ2n) is 7.16. The van der Waals surface area contributed by atoms with E-state index in [1.54, 1.807) is 41.1 Å². The van der Waals surface area contributed by atoms with Gasteiger partial charge in [-0.15, -0.1) is 0 Å². The molecule has 3 aromatic rings. The van der Waals surface area contributed by atoms with E-state index in [1.807, 2.05) is 18.7 Å². The summed E-state index contributed by atoms with van der Waals surface area (Å²) in [6.07, 6.45) is 0. The van der Waals surface area contributed by atoms with Gasteiger partial charge in [-0.05, 0) is 56.3 Å². The number of ether oxygens (including phenoxy) is 1. The summed E-state index contributed by atoms with van der Waals surface area (Å²) < 4.78 is 21.6. The number of aryl methyl sites for hydroxylation is 1. The third kappa shape index (κ3) is 4.04. The zero-order valence-electron chi connectivity index (χ0n) is 16.8. The van der Waals surface area contributed by atoms with Gasteiger partial charge in [-0.25, -0.2) is 9.07 Å². The molecular weight excluding hydrogens is 407 g/mol. The summed E-state index contributed by atoms with van der Waals surface area (Å²) in [4.78, 5) is 14.5. The fourth-order valence-electron chi connectivity index (χ4n) is 3.48. The Morgan fingerprint density at radius 3 is 2.43 bits per heavy atom. The number of benzene rings is 2. The van der Waals surface area contributed by atoms with Crippen molar-refractivity contribution in [3.8, 4) is 5.69 Å². The highest BCUT2D eigenvalue weighted by Crippen LogP contribution is 2.25. The molecule has 0 bridgehead atoms. The highest BCUT2D eigenvalue weighted by atomic mass is 35.5. The maximum atomic E-state index is 14.5. The summed E-state index contributed by atoms with van der Waals surface area (Å²) in [6.45, 7) is 6.19. The van der Waals surface area contributed by atoms with Gasteiger partial charge in [0, 0.05) is 24.3 Å². The number of hydrogen-bond acceptors (Lipinski definition) is 4. The van der Waals surface area contributed by atoms with Crippen molar-refractivity contribution < 1.29 is 13.9 Å². The highest BCUT2D eigenvalue weighted by molar-refractivity contribution is 6.31. The van der Waals surface area contributed by atoms with Crippen LogP contribution in [0.5, 0.6) is 0 Å². The molecule has 0 radical (unpaired) electrons. The van der Waals surface area contributed by atoms with Crippen molar-refractivity contribution >= 4 is 28.9 Å². The number of nitrogens with one attached hydrogen (secondary N) is 1. The molecule has 1 saturated heterocycles. The first-order chi connectivity index (χ1) is 14.4. The number of aromatic nitrogens is 2. The van der Waals surface area contributed by atoms with Crippen molar-refractivity contribution in [2.75, 3.05) is 36.5 Å². The monoisotopic (exact) mass is 428 g/mol. The predicted molar refractivity (Wildman–Crippen MR) is 115 cm³/mol. The summed E-state index contributed by atoms with van der Waals surface area (Å²) in [7, 11) is 0. The molecule has 4 rings (SSSR count). The molecule has 0 aliphatic carbocycles. The lowest BCUT2D eigenvalue weighted by molar-refractivity contribution is 0.102. The Morgan fingerprint density at radius 1 is 1.13 bits per heavy atom. The van der Waals surface area contributed by atoms with Gasteiger partial charge in [-0.2, -0.15) is 5.10 Å². The van der Waals surface area contributed by atoms with Crippen LogP contribution >= 0.6 is 11.6 Å². The van der Waals surface area contributed by atoms with Crippen molar-refractivity contribution in [3.05, 3.63) is 70.3 Å². The van der Waals surface area contributed by atoms with Crippen LogP contribution in [-0.2, 0) is 4.74 Å². The second-order valence-corrected chi connectivity index (χ2v) is 7.54. The van der Waals surface area contributed by atoms with Crippen LogP contribution in [0, 0.1) is 19.7 Å². The van der Waals surface area contributed by atoms with E-state index < -0.39 is 0 Å². The van der Waals surface area contributed by atoms with Gasteiger partial charge in [0.25, 0.3) is 5.91 Å². The SMILES string of the molecule is Cc1nn(-c2ccc(C(=O)Nc3ccc(N4CCOCC4)c(F)c3)cc2)c(C)c1Cl. The van der Waals surface area contributed by atoms with E-state index in [1.165, 1.54) is 6.07 Å². The number of carbonyl (C=O) groups excluding carboxylic acids is 1. The van der Waals surface area contributed by atoms with Crippen LogP contribution in [0.3, 0.4) is 0 Å². The molecule has 0 spiro atoms. The second kappa shape index (κ2) is 8.45. The van der Waals surface area contributed by atoms with Crippen molar-refractivity contribution in [2.45, 2.75) is 13.8 Å². The Morgan fingerprint density at radius 2 is 1.83 bits per heavy atom. The fraction of sp³-hybridized carbons (Fsp3) is 0.273. The van der Waals surface area contributed by atoms with Crippen molar-refractivity contribution in [3.63, 3.8) is 0 Å². The van der Waals surface area contributed by atoms with Gasteiger partial charge < -0.3 is 15.0 Å². The van der Waals surface area contributed by atoms with E-state index in [0.717, 1.165) is 17.1 Å². The first-order valence-corrected chi connectivity index (χ1v) is 10.1. The summed E-state index contributed by atoms with van der Waals surface area (Å²) in [5.41, 5.74) is 3.78. The number of amides is 1. The summed E-state index contributed by atoms with van der Waals surface area (Å²) >= 11 is 6.21. The Kier molecular flexibility index (Phi) is 5.74. The first-order valence-electron chi connectivity index (χ1n) is 9.70. The molecule has 1 aromatic heterocycles. The van der Waals surface area contributed by atoms with E-state index in [4.69, 9.17) is 16.3 Å². The lowest BCUT2D eigenvalue weighted by Gasteiger charge is -2.29. The van der Waals surface area contributed by atoms with Crippen LogP contribution in [0.2, 0.25) is 5.02 Å². The van der Waals surface area contributed by atoms with Gasteiger partial charge in [0.05, 0.1) is 41.0 Å². The minimum absolute atomic E-state index is 0.313. The molecule has 1 aliphatic rings. The molecule has 2 heterocycles. The molecule has 8 heteroatoms. The van der Waals surface area contributed by atoms with E-state index in [2.05, 4.69) is 10.4 Å². The van der Waals surface area contributed by atoms with Crippen LogP contribution in [-0.4, -0.2) is 42.0 Å². The standard InChI is InChI=1S/C22H22ClFN4O2/c1-14-21(23)15(2)28(26-14)18-6-3-16(4-7-18)22(29)25-17-5-8-20(19(24)13-17)27-9-11-30-12-10-27/h3-8,13H,9-12H2,1-2H3,(H,25,29). The smallest absolute Gasteiger partial charge is 0.255 e. The fourth-order valence-corrected chi connectivity index (χ4v) is 3.60. The number of halogens is 2. The molecule has 156 valence electrons. The molecule has 1 aliphatic heterocycles. The quantitative estimate of drug-likeness (QED) is 0.670. The minimum Gasteiger partial charge on any atom is -0.378 e. The predicted octanol–water partition coefficient (Wildman–Crippen LogP) is 4.37. The Balaban J connectivity index is 1.47. The highest BCUT2D eigenvalue weighted by Gasteiger charge is 2.16. The number of rotatable bonds is 4. The van der Waals surface area contributed by atoms with Gasteiger partial charge in [0.15, 0.2) is 0 Å². The number of anilines is 2. The largest absolute Gasteiger partial charge is 0.378 e. The summed E-state index contributed by atoms with van der Waals surface area (Å²) in [5, 5.41) is 7.78. The van der Waals surface area contributed by atoms with Crippen LogP contribution in [0.1, 0.15) is 21.7 Å². The molecule has 1 N–H and O–H groups in total. The van der Waals surface area contributed by atoms with Crippen molar-refractivity contribution in [1.29, 1.82) is 0 Å². The molecule has 0 atom stereocenters. The minimum atomic E-state index is -0.369. The van der Waals surface area contributed by atoms with Crippen LogP contribution in [0.25, 0.3) is 5.69 Å². The normalized spacial score (nSPS) is 14.1. The average molecular weight is 429 g/mol. The zero-order valence-corrected chi connectivity index (χ0v) is 17.5. The van der Waals surface area contributed by atoms with Gasteiger partial charge >= 0.3 is 0 Å². The maximum absolute atomic E-state index is 14.5. The lowest BCUT2D eigenvalue weighted by atomic mass is 10.1. The van der Waals surface area contributed by atoms with Crippen LogP contribution < -0.4 is 10.2 Å². The molecule has 1 amide bonds.